The summed E-state index contributed by atoms with van der Waals surface area (Å²) in [4.78, 5) is 24.4. The van der Waals surface area contributed by atoms with Gasteiger partial charge in [0.05, 0.1) is 9.82 Å². The SMILES string of the molecule is Cc1cc(N2CCN(c3ccc(S(=O)(=O)NC(C)(C)C)cc3[N+](=O)[O-])CC2)nc(C(C)C)n1. The molecule has 1 aromatic heterocycles. The number of sulfonamides is 1. The van der Waals surface area contributed by atoms with Crippen LogP contribution < -0.4 is 14.5 Å². The zero-order valence-electron chi connectivity index (χ0n) is 20.0. The quantitative estimate of drug-likeness (QED) is 0.498. The number of benzene rings is 1. The van der Waals surface area contributed by atoms with E-state index in [-0.39, 0.29) is 16.5 Å². The van der Waals surface area contributed by atoms with Gasteiger partial charge in [0.25, 0.3) is 5.69 Å². The van der Waals surface area contributed by atoms with Gasteiger partial charge in [-0.2, -0.15) is 0 Å². The van der Waals surface area contributed by atoms with E-state index in [0.29, 0.717) is 31.9 Å². The Morgan fingerprint density at radius 2 is 1.67 bits per heavy atom. The lowest BCUT2D eigenvalue weighted by molar-refractivity contribution is -0.384. The van der Waals surface area contributed by atoms with E-state index in [2.05, 4.69) is 33.4 Å². The van der Waals surface area contributed by atoms with Crippen molar-refractivity contribution in [1.82, 2.24) is 14.7 Å². The van der Waals surface area contributed by atoms with Gasteiger partial charge >= 0.3 is 0 Å². The first-order valence-corrected chi connectivity index (χ1v) is 12.4. The highest BCUT2D eigenvalue weighted by molar-refractivity contribution is 7.89. The van der Waals surface area contributed by atoms with Crippen molar-refractivity contribution >= 4 is 27.2 Å². The lowest BCUT2D eigenvalue weighted by Gasteiger charge is -2.36. The number of rotatable bonds is 6. The van der Waals surface area contributed by atoms with Crippen LogP contribution in [0.3, 0.4) is 0 Å². The normalized spacial score (nSPS) is 15.2. The smallest absolute Gasteiger partial charge is 0.293 e. The molecule has 2 aromatic rings. The molecule has 1 aliphatic rings. The molecule has 1 aliphatic heterocycles. The molecular formula is C22H32N6O4S. The molecule has 0 saturated carbocycles. The molecule has 3 rings (SSSR count). The predicted octanol–water partition coefficient (Wildman–Crippen LogP) is 3.22. The topological polar surface area (TPSA) is 122 Å². The molecule has 1 aromatic carbocycles. The van der Waals surface area contributed by atoms with Crippen LogP contribution in [-0.2, 0) is 10.0 Å². The van der Waals surface area contributed by atoms with Crippen molar-refractivity contribution in [2.75, 3.05) is 36.0 Å². The van der Waals surface area contributed by atoms with Gasteiger partial charge in [0.1, 0.15) is 17.3 Å². The third-order valence-electron chi connectivity index (χ3n) is 5.21. The molecule has 0 bridgehead atoms. The summed E-state index contributed by atoms with van der Waals surface area (Å²) >= 11 is 0. The summed E-state index contributed by atoms with van der Waals surface area (Å²) in [6.45, 7) is 13.6. The molecule has 11 heteroatoms. The molecule has 0 unspecified atom stereocenters. The molecular weight excluding hydrogens is 444 g/mol. The van der Waals surface area contributed by atoms with E-state index < -0.39 is 20.5 Å². The summed E-state index contributed by atoms with van der Waals surface area (Å²) in [5.74, 6) is 1.87. The van der Waals surface area contributed by atoms with Crippen LogP contribution in [0.15, 0.2) is 29.2 Å². The van der Waals surface area contributed by atoms with Crippen molar-refractivity contribution < 1.29 is 13.3 Å². The number of hydrogen-bond acceptors (Lipinski definition) is 8. The van der Waals surface area contributed by atoms with E-state index in [9.17, 15) is 18.5 Å². The summed E-state index contributed by atoms with van der Waals surface area (Å²) in [5.41, 5.74) is 0.399. The minimum Gasteiger partial charge on any atom is -0.362 e. The Kier molecular flexibility index (Phi) is 6.94. The average molecular weight is 477 g/mol. The molecule has 33 heavy (non-hydrogen) atoms. The molecule has 0 radical (unpaired) electrons. The molecule has 180 valence electrons. The van der Waals surface area contributed by atoms with Crippen molar-refractivity contribution in [2.45, 2.75) is 57.9 Å². The molecule has 0 spiro atoms. The van der Waals surface area contributed by atoms with Crippen LogP contribution in [0.5, 0.6) is 0 Å². The zero-order valence-corrected chi connectivity index (χ0v) is 20.8. The average Bonchev–Trinajstić information content (AvgIpc) is 2.71. The van der Waals surface area contributed by atoms with Crippen LogP contribution in [0, 0.1) is 17.0 Å². The third kappa shape index (κ3) is 5.97. The van der Waals surface area contributed by atoms with Gasteiger partial charge in [-0.1, -0.05) is 13.8 Å². The van der Waals surface area contributed by atoms with Crippen molar-refractivity contribution in [2.24, 2.45) is 0 Å². The number of nitrogens with one attached hydrogen (secondary N) is 1. The van der Waals surface area contributed by atoms with E-state index in [0.717, 1.165) is 23.4 Å². The standard InChI is InChI=1S/C22H32N6O4S/c1-15(2)21-23-16(3)13-20(24-21)27-11-9-26(10-12-27)18-8-7-17(14-19(18)28(29)30)33(31,32)25-22(4,5)6/h7-8,13-15,25H,9-12H2,1-6H3. The van der Waals surface area contributed by atoms with Crippen LogP contribution in [0.1, 0.15) is 52.1 Å². The highest BCUT2D eigenvalue weighted by Crippen LogP contribution is 2.32. The fraction of sp³-hybridized carbons (Fsp3) is 0.545. The minimum absolute atomic E-state index is 0.121. The number of nitrogens with zero attached hydrogens (tertiary/aromatic N) is 5. The van der Waals surface area contributed by atoms with Crippen LogP contribution >= 0.6 is 0 Å². The fourth-order valence-corrected chi connectivity index (χ4v) is 5.16. The second kappa shape index (κ2) is 9.22. The maximum atomic E-state index is 12.6. The van der Waals surface area contributed by atoms with Gasteiger partial charge in [0.15, 0.2) is 0 Å². The first-order chi connectivity index (χ1) is 15.3. The van der Waals surface area contributed by atoms with E-state index in [1.165, 1.54) is 12.1 Å². The molecule has 0 atom stereocenters. The highest BCUT2D eigenvalue weighted by Gasteiger charge is 2.29. The number of nitro groups is 1. The summed E-state index contributed by atoms with van der Waals surface area (Å²) in [5, 5.41) is 11.8. The molecule has 1 fully saturated rings. The maximum Gasteiger partial charge on any atom is 0.293 e. The van der Waals surface area contributed by atoms with E-state index in [1.807, 2.05) is 17.9 Å². The highest BCUT2D eigenvalue weighted by atomic mass is 32.2. The van der Waals surface area contributed by atoms with E-state index in [4.69, 9.17) is 0 Å². The predicted molar refractivity (Wildman–Crippen MR) is 128 cm³/mol. The van der Waals surface area contributed by atoms with Gasteiger partial charge < -0.3 is 9.80 Å². The second-order valence-electron chi connectivity index (χ2n) is 9.62. The zero-order chi connectivity index (χ0) is 24.6. The molecule has 1 saturated heterocycles. The van der Waals surface area contributed by atoms with Gasteiger partial charge in [-0.15, -0.1) is 0 Å². The van der Waals surface area contributed by atoms with Crippen molar-refractivity contribution in [3.8, 4) is 0 Å². The monoisotopic (exact) mass is 476 g/mol. The van der Waals surface area contributed by atoms with E-state index in [1.54, 1.807) is 20.8 Å². The first-order valence-electron chi connectivity index (χ1n) is 10.9. The van der Waals surface area contributed by atoms with Gasteiger partial charge in [0.2, 0.25) is 10.0 Å². The Morgan fingerprint density at radius 3 is 2.21 bits per heavy atom. The molecule has 0 amide bonds. The number of nitro benzene ring substituents is 1. The van der Waals surface area contributed by atoms with Crippen LogP contribution in [0.2, 0.25) is 0 Å². The third-order valence-corrected chi connectivity index (χ3v) is 6.97. The van der Waals surface area contributed by atoms with Crippen molar-refractivity contribution in [1.29, 1.82) is 0 Å². The van der Waals surface area contributed by atoms with Crippen LogP contribution in [-0.4, -0.2) is 55.0 Å². The largest absolute Gasteiger partial charge is 0.362 e. The Hall–Kier alpha value is -2.79. The van der Waals surface area contributed by atoms with Gasteiger partial charge in [-0.25, -0.2) is 23.1 Å². The van der Waals surface area contributed by atoms with Crippen LogP contribution in [0.4, 0.5) is 17.2 Å². The fourth-order valence-electron chi connectivity index (χ4n) is 3.72. The Bertz CT molecular complexity index is 1140. The summed E-state index contributed by atoms with van der Waals surface area (Å²) in [6, 6.07) is 6.03. The summed E-state index contributed by atoms with van der Waals surface area (Å²) in [7, 11) is -3.88. The van der Waals surface area contributed by atoms with E-state index >= 15 is 0 Å². The first kappa shape index (κ1) is 24.8. The van der Waals surface area contributed by atoms with Crippen molar-refractivity contribution in [3.63, 3.8) is 0 Å². The molecule has 2 heterocycles. The Balaban J connectivity index is 1.82. The van der Waals surface area contributed by atoms with Crippen LogP contribution in [0.25, 0.3) is 0 Å². The van der Waals surface area contributed by atoms with Gasteiger partial charge in [-0.3, -0.25) is 10.1 Å². The number of hydrogen-bond donors (Lipinski definition) is 1. The lowest BCUT2D eigenvalue weighted by Crippen LogP contribution is -2.47. The number of anilines is 2. The molecule has 1 N–H and O–H groups in total. The molecule has 0 aliphatic carbocycles. The number of piperazine rings is 1. The Morgan fingerprint density at radius 1 is 1.06 bits per heavy atom. The number of aromatic nitrogens is 2. The molecule has 10 nitrogen and oxygen atoms in total. The number of aryl methyl sites for hydroxylation is 1. The summed E-state index contributed by atoms with van der Waals surface area (Å²) in [6.07, 6.45) is 0. The minimum atomic E-state index is -3.88. The van der Waals surface area contributed by atoms with Crippen molar-refractivity contribution in [3.05, 3.63) is 45.9 Å². The summed E-state index contributed by atoms with van der Waals surface area (Å²) < 4.78 is 27.8. The van der Waals surface area contributed by atoms with Gasteiger partial charge in [-0.05, 0) is 39.8 Å². The lowest BCUT2D eigenvalue weighted by atomic mass is 10.1. The van der Waals surface area contributed by atoms with Gasteiger partial charge in [0, 0.05) is 55.5 Å². The second-order valence-corrected chi connectivity index (χ2v) is 11.3. The maximum absolute atomic E-state index is 12.6. The Labute approximate surface area is 195 Å².